The molecule has 0 amide bonds. The van der Waals surface area contributed by atoms with Crippen LogP contribution in [-0.4, -0.2) is 5.16 Å². The number of hydrogen-bond acceptors (Lipinski definition) is 3. The van der Waals surface area contributed by atoms with Crippen molar-refractivity contribution in [2.45, 2.75) is 0 Å². The Morgan fingerprint density at radius 3 is 2.40 bits per heavy atom. The van der Waals surface area contributed by atoms with Gasteiger partial charge in [-0.25, -0.2) is 0 Å². The molecule has 0 saturated heterocycles. The Morgan fingerprint density at radius 2 is 1.55 bits per heavy atom. The minimum atomic E-state index is 0.639. The van der Waals surface area contributed by atoms with Crippen molar-refractivity contribution in [3.63, 3.8) is 0 Å². The molecular formula is C17H11NO2. The number of para-hydroxylation sites is 1. The normalized spacial score (nSPS) is 11.0. The lowest BCUT2D eigenvalue weighted by atomic mass is 10.1. The molecule has 0 fully saturated rings. The molecule has 0 aliphatic rings. The molecule has 0 aliphatic carbocycles. The zero-order valence-corrected chi connectivity index (χ0v) is 10.6. The topological polar surface area (TPSA) is 39.2 Å². The van der Waals surface area contributed by atoms with Crippen LogP contribution >= 0.6 is 0 Å². The van der Waals surface area contributed by atoms with Gasteiger partial charge in [0.2, 0.25) is 5.76 Å². The van der Waals surface area contributed by atoms with Gasteiger partial charge in [-0.05, 0) is 12.1 Å². The van der Waals surface area contributed by atoms with Gasteiger partial charge in [0.15, 0.2) is 5.76 Å². The van der Waals surface area contributed by atoms with Gasteiger partial charge in [-0.3, -0.25) is 0 Å². The van der Waals surface area contributed by atoms with E-state index in [0.29, 0.717) is 11.5 Å². The van der Waals surface area contributed by atoms with E-state index in [4.69, 9.17) is 8.94 Å². The predicted molar refractivity (Wildman–Crippen MR) is 77.1 cm³/mol. The lowest BCUT2D eigenvalue weighted by molar-refractivity contribution is 0.423. The van der Waals surface area contributed by atoms with Crippen molar-refractivity contribution >= 4 is 11.0 Å². The summed E-state index contributed by atoms with van der Waals surface area (Å²) in [4.78, 5) is 0. The van der Waals surface area contributed by atoms with Crippen LogP contribution in [0.25, 0.3) is 33.7 Å². The highest BCUT2D eigenvalue weighted by molar-refractivity contribution is 5.82. The third-order valence-electron chi connectivity index (χ3n) is 3.25. The molecule has 0 saturated carbocycles. The van der Waals surface area contributed by atoms with E-state index in [2.05, 4.69) is 5.16 Å². The Balaban J connectivity index is 1.78. The van der Waals surface area contributed by atoms with Crippen LogP contribution in [0.3, 0.4) is 0 Å². The Bertz CT molecular complexity index is 826. The van der Waals surface area contributed by atoms with E-state index in [1.807, 2.05) is 66.7 Å². The molecule has 96 valence electrons. The number of rotatable bonds is 2. The van der Waals surface area contributed by atoms with Crippen molar-refractivity contribution < 1.29 is 8.94 Å². The van der Waals surface area contributed by atoms with Gasteiger partial charge in [-0.15, -0.1) is 0 Å². The van der Waals surface area contributed by atoms with E-state index in [0.717, 1.165) is 22.2 Å². The summed E-state index contributed by atoms with van der Waals surface area (Å²) in [7, 11) is 0. The fraction of sp³-hybridized carbons (Fsp3) is 0. The van der Waals surface area contributed by atoms with Crippen LogP contribution < -0.4 is 0 Å². The molecule has 3 nitrogen and oxygen atoms in total. The second-order valence-electron chi connectivity index (χ2n) is 4.59. The van der Waals surface area contributed by atoms with E-state index in [-0.39, 0.29) is 0 Å². The predicted octanol–water partition coefficient (Wildman–Crippen LogP) is 4.75. The van der Waals surface area contributed by atoms with E-state index in [1.165, 1.54) is 0 Å². The minimum Gasteiger partial charge on any atom is -0.453 e. The standard InChI is InChI=1S/C17H11NO2/c1-2-6-12(7-3-1)14-11-17(20-18-14)16-10-13-8-4-5-9-15(13)19-16/h1-11H. The zero-order chi connectivity index (χ0) is 13.4. The molecule has 2 aromatic heterocycles. The summed E-state index contributed by atoms with van der Waals surface area (Å²) in [6.45, 7) is 0. The average molecular weight is 261 g/mol. The van der Waals surface area contributed by atoms with E-state index < -0.39 is 0 Å². The second-order valence-corrected chi connectivity index (χ2v) is 4.59. The Labute approximate surface area is 115 Å². The first-order valence-corrected chi connectivity index (χ1v) is 6.41. The van der Waals surface area contributed by atoms with E-state index >= 15 is 0 Å². The fourth-order valence-electron chi connectivity index (χ4n) is 2.24. The zero-order valence-electron chi connectivity index (χ0n) is 10.6. The molecule has 0 N–H and O–H groups in total. The number of fused-ring (bicyclic) bond motifs is 1. The van der Waals surface area contributed by atoms with Gasteiger partial charge in [0.1, 0.15) is 11.3 Å². The van der Waals surface area contributed by atoms with E-state index in [9.17, 15) is 0 Å². The van der Waals surface area contributed by atoms with Crippen LogP contribution in [-0.2, 0) is 0 Å². The highest BCUT2D eigenvalue weighted by Crippen LogP contribution is 2.30. The van der Waals surface area contributed by atoms with Crippen LogP contribution in [0.4, 0.5) is 0 Å². The molecule has 0 radical (unpaired) electrons. The lowest BCUT2D eigenvalue weighted by Crippen LogP contribution is -1.73. The molecule has 0 bridgehead atoms. The van der Waals surface area contributed by atoms with Crippen molar-refractivity contribution in [1.82, 2.24) is 5.16 Å². The first-order valence-electron chi connectivity index (χ1n) is 6.41. The van der Waals surface area contributed by atoms with Crippen LogP contribution in [0.2, 0.25) is 0 Å². The Kier molecular flexibility index (Phi) is 2.42. The summed E-state index contributed by atoms with van der Waals surface area (Å²) in [5, 5.41) is 5.15. The number of furan rings is 1. The molecule has 3 heteroatoms. The second kappa shape index (κ2) is 4.38. The number of hydrogen-bond donors (Lipinski definition) is 0. The van der Waals surface area contributed by atoms with Crippen LogP contribution in [0.1, 0.15) is 0 Å². The minimum absolute atomic E-state index is 0.639. The molecule has 4 aromatic rings. The molecule has 0 unspecified atom stereocenters. The van der Waals surface area contributed by atoms with Gasteiger partial charge < -0.3 is 8.94 Å². The quantitative estimate of drug-likeness (QED) is 0.522. The van der Waals surface area contributed by atoms with Gasteiger partial charge in [-0.2, -0.15) is 0 Å². The molecule has 4 rings (SSSR count). The highest BCUT2D eigenvalue weighted by Gasteiger charge is 2.12. The van der Waals surface area contributed by atoms with Gasteiger partial charge in [0, 0.05) is 17.0 Å². The third kappa shape index (κ3) is 1.80. The first kappa shape index (κ1) is 11.1. The van der Waals surface area contributed by atoms with Gasteiger partial charge >= 0.3 is 0 Å². The molecule has 2 heterocycles. The molecule has 20 heavy (non-hydrogen) atoms. The summed E-state index contributed by atoms with van der Waals surface area (Å²) >= 11 is 0. The lowest BCUT2D eigenvalue weighted by Gasteiger charge is -1.91. The average Bonchev–Trinajstić information content (AvgIpc) is 3.14. The van der Waals surface area contributed by atoms with Gasteiger partial charge in [-0.1, -0.05) is 53.7 Å². The van der Waals surface area contributed by atoms with Crippen molar-refractivity contribution in [2.75, 3.05) is 0 Å². The number of benzene rings is 2. The van der Waals surface area contributed by atoms with Crippen LogP contribution in [0.15, 0.2) is 75.7 Å². The monoisotopic (exact) mass is 261 g/mol. The summed E-state index contributed by atoms with van der Waals surface area (Å²) in [5.74, 6) is 1.33. The summed E-state index contributed by atoms with van der Waals surface area (Å²) in [5.41, 5.74) is 2.68. The van der Waals surface area contributed by atoms with Crippen molar-refractivity contribution in [3.8, 4) is 22.8 Å². The van der Waals surface area contributed by atoms with Gasteiger partial charge in [0.05, 0.1) is 0 Å². The SMILES string of the molecule is c1ccc(-c2cc(-c3cc4ccccc4o3)on2)cc1. The molecule has 0 atom stereocenters. The third-order valence-corrected chi connectivity index (χ3v) is 3.25. The van der Waals surface area contributed by atoms with Crippen molar-refractivity contribution in [2.24, 2.45) is 0 Å². The summed E-state index contributed by atoms with van der Waals surface area (Å²) < 4.78 is 11.2. The Morgan fingerprint density at radius 1 is 0.750 bits per heavy atom. The fourth-order valence-corrected chi connectivity index (χ4v) is 2.24. The van der Waals surface area contributed by atoms with Crippen LogP contribution in [0, 0.1) is 0 Å². The molecule has 0 aliphatic heterocycles. The van der Waals surface area contributed by atoms with Crippen LogP contribution in [0.5, 0.6) is 0 Å². The largest absolute Gasteiger partial charge is 0.453 e. The van der Waals surface area contributed by atoms with Gasteiger partial charge in [0.25, 0.3) is 0 Å². The van der Waals surface area contributed by atoms with Crippen molar-refractivity contribution in [1.29, 1.82) is 0 Å². The first-order chi connectivity index (χ1) is 9.90. The maximum atomic E-state index is 5.77. The Hall–Kier alpha value is -2.81. The number of aromatic nitrogens is 1. The molecule has 0 spiro atoms. The number of nitrogens with zero attached hydrogens (tertiary/aromatic N) is 1. The maximum absolute atomic E-state index is 5.77. The van der Waals surface area contributed by atoms with Crippen molar-refractivity contribution in [3.05, 3.63) is 66.7 Å². The molecular weight excluding hydrogens is 250 g/mol. The summed E-state index contributed by atoms with van der Waals surface area (Å²) in [6.07, 6.45) is 0. The summed E-state index contributed by atoms with van der Waals surface area (Å²) in [6, 6.07) is 21.7. The highest BCUT2D eigenvalue weighted by atomic mass is 16.5. The maximum Gasteiger partial charge on any atom is 0.202 e. The van der Waals surface area contributed by atoms with E-state index in [1.54, 1.807) is 0 Å². The molecule has 2 aromatic carbocycles. The smallest absolute Gasteiger partial charge is 0.202 e.